The average molecular weight is 304 g/mol. The summed E-state index contributed by atoms with van der Waals surface area (Å²) in [6.45, 7) is 0.339. The highest BCUT2D eigenvalue weighted by atomic mass is 35.5. The Morgan fingerprint density at radius 2 is 2.11 bits per heavy atom. The molecule has 1 saturated heterocycles. The first-order chi connectivity index (χ1) is 8.82. The van der Waals surface area contributed by atoms with Crippen molar-refractivity contribution in [2.75, 3.05) is 18.8 Å². The Hall–Kier alpha value is -1.31. The van der Waals surface area contributed by atoms with Crippen molar-refractivity contribution in [3.05, 3.63) is 23.2 Å². The molecule has 2 rings (SSSR count). The van der Waals surface area contributed by atoms with Crippen LogP contribution in [0.5, 0.6) is 0 Å². The molecule has 1 unspecified atom stereocenters. The topological polar surface area (TPSA) is 106 Å². The number of nitrogen functional groups attached to an aromatic ring is 1. The van der Waals surface area contributed by atoms with Crippen molar-refractivity contribution in [3.63, 3.8) is 0 Å². The molecular formula is C11H14ClN3O3S. The van der Waals surface area contributed by atoms with Crippen molar-refractivity contribution in [1.29, 1.82) is 0 Å². The summed E-state index contributed by atoms with van der Waals surface area (Å²) < 4.78 is 26.0. The van der Waals surface area contributed by atoms with Crippen LogP contribution in [0, 0.1) is 5.92 Å². The molecule has 1 aromatic carbocycles. The zero-order chi connectivity index (χ0) is 14.2. The van der Waals surface area contributed by atoms with E-state index in [-0.39, 0.29) is 23.7 Å². The molecule has 1 aliphatic heterocycles. The van der Waals surface area contributed by atoms with Crippen molar-refractivity contribution >= 4 is 33.2 Å². The molecule has 19 heavy (non-hydrogen) atoms. The van der Waals surface area contributed by atoms with Crippen LogP contribution >= 0.6 is 11.6 Å². The number of hydrogen-bond donors (Lipinski definition) is 2. The molecule has 1 aliphatic rings. The van der Waals surface area contributed by atoms with Gasteiger partial charge in [-0.3, -0.25) is 4.79 Å². The lowest BCUT2D eigenvalue weighted by atomic mass is 10.1. The number of carbonyl (C=O) groups excluding carboxylic acids is 1. The SMILES string of the molecule is NC(=O)C1CCN(S(=O)(=O)c2cc(Cl)ccc2N)C1. The van der Waals surface area contributed by atoms with Crippen LogP contribution in [0.15, 0.2) is 23.1 Å². The molecule has 6 nitrogen and oxygen atoms in total. The van der Waals surface area contributed by atoms with Crippen LogP contribution in [0.1, 0.15) is 6.42 Å². The van der Waals surface area contributed by atoms with Gasteiger partial charge in [-0.1, -0.05) is 11.6 Å². The molecule has 0 spiro atoms. The number of carbonyl (C=O) groups is 1. The fourth-order valence-corrected chi connectivity index (χ4v) is 3.93. The first-order valence-corrected chi connectivity index (χ1v) is 7.48. The van der Waals surface area contributed by atoms with Crippen molar-refractivity contribution in [1.82, 2.24) is 4.31 Å². The first-order valence-electron chi connectivity index (χ1n) is 5.67. The van der Waals surface area contributed by atoms with Gasteiger partial charge >= 0.3 is 0 Å². The minimum Gasteiger partial charge on any atom is -0.398 e. The summed E-state index contributed by atoms with van der Waals surface area (Å²) in [5, 5.41) is 0.290. The molecule has 1 aromatic rings. The number of rotatable bonds is 3. The number of anilines is 1. The number of nitrogens with two attached hydrogens (primary N) is 2. The van der Waals surface area contributed by atoms with Gasteiger partial charge in [-0.15, -0.1) is 0 Å². The van der Waals surface area contributed by atoms with Crippen LogP contribution in [-0.4, -0.2) is 31.7 Å². The lowest BCUT2D eigenvalue weighted by Crippen LogP contribution is -2.32. The summed E-state index contributed by atoms with van der Waals surface area (Å²) in [7, 11) is -3.74. The van der Waals surface area contributed by atoms with Gasteiger partial charge in [0.2, 0.25) is 15.9 Å². The molecule has 0 radical (unpaired) electrons. The smallest absolute Gasteiger partial charge is 0.245 e. The third-order valence-electron chi connectivity index (χ3n) is 3.15. The van der Waals surface area contributed by atoms with E-state index in [1.165, 1.54) is 22.5 Å². The van der Waals surface area contributed by atoms with Gasteiger partial charge in [0.05, 0.1) is 11.6 Å². The van der Waals surface area contributed by atoms with Crippen LogP contribution < -0.4 is 11.5 Å². The summed E-state index contributed by atoms with van der Waals surface area (Å²) in [6, 6.07) is 4.27. The van der Waals surface area contributed by atoms with E-state index < -0.39 is 21.8 Å². The van der Waals surface area contributed by atoms with Crippen LogP contribution in [-0.2, 0) is 14.8 Å². The van der Waals surface area contributed by atoms with Gasteiger partial charge in [0, 0.05) is 18.1 Å². The second-order valence-corrected chi connectivity index (χ2v) is 6.78. The Bertz CT molecular complexity index is 618. The average Bonchev–Trinajstić information content (AvgIpc) is 2.82. The van der Waals surface area contributed by atoms with Crippen molar-refractivity contribution in [3.8, 4) is 0 Å². The Morgan fingerprint density at radius 3 is 2.68 bits per heavy atom. The highest BCUT2D eigenvalue weighted by molar-refractivity contribution is 7.89. The molecule has 1 fully saturated rings. The fraction of sp³-hybridized carbons (Fsp3) is 0.364. The predicted octanol–water partition coefficient (Wildman–Crippen LogP) is 0.418. The number of nitrogens with zero attached hydrogens (tertiary/aromatic N) is 1. The molecule has 8 heteroatoms. The lowest BCUT2D eigenvalue weighted by molar-refractivity contribution is -0.121. The van der Waals surface area contributed by atoms with Crippen LogP contribution in [0.4, 0.5) is 5.69 Å². The standard InChI is InChI=1S/C11H14ClN3O3S/c12-8-1-2-9(13)10(5-8)19(17,18)15-4-3-7(6-15)11(14)16/h1-2,5,7H,3-4,6,13H2,(H2,14,16). The Balaban J connectivity index is 2.33. The summed E-state index contributed by atoms with van der Waals surface area (Å²) >= 11 is 5.80. The third-order valence-corrected chi connectivity index (χ3v) is 5.30. The van der Waals surface area contributed by atoms with E-state index >= 15 is 0 Å². The number of hydrogen-bond acceptors (Lipinski definition) is 4. The quantitative estimate of drug-likeness (QED) is 0.789. The highest BCUT2D eigenvalue weighted by Gasteiger charge is 2.35. The minimum atomic E-state index is -3.74. The molecule has 1 amide bonds. The number of benzene rings is 1. The summed E-state index contributed by atoms with van der Waals surface area (Å²) in [5.74, 6) is -0.938. The van der Waals surface area contributed by atoms with Gasteiger partial charge < -0.3 is 11.5 Å². The zero-order valence-electron chi connectivity index (χ0n) is 10.0. The van der Waals surface area contributed by atoms with E-state index in [9.17, 15) is 13.2 Å². The van der Waals surface area contributed by atoms with Gasteiger partial charge in [-0.25, -0.2) is 8.42 Å². The van der Waals surface area contributed by atoms with Crippen LogP contribution in [0.25, 0.3) is 0 Å². The van der Waals surface area contributed by atoms with Crippen molar-refractivity contribution in [2.24, 2.45) is 11.7 Å². The van der Waals surface area contributed by atoms with Crippen LogP contribution in [0.3, 0.4) is 0 Å². The lowest BCUT2D eigenvalue weighted by Gasteiger charge is -2.17. The maximum atomic E-state index is 12.4. The minimum absolute atomic E-state index is 0.0369. The predicted molar refractivity (Wildman–Crippen MR) is 71.9 cm³/mol. The monoisotopic (exact) mass is 303 g/mol. The zero-order valence-corrected chi connectivity index (χ0v) is 11.6. The maximum absolute atomic E-state index is 12.4. The highest BCUT2D eigenvalue weighted by Crippen LogP contribution is 2.29. The van der Waals surface area contributed by atoms with Gasteiger partial charge in [-0.05, 0) is 24.6 Å². The second kappa shape index (κ2) is 4.99. The Morgan fingerprint density at radius 1 is 1.42 bits per heavy atom. The van der Waals surface area contributed by atoms with E-state index in [0.717, 1.165) is 0 Å². The molecule has 0 saturated carbocycles. The fourth-order valence-electron chi connectivity index (χ4n) is 2.05. The van der Waals surface area contributed by atoms with E-state index in [1.807, 2.05) is 0 Å². The van der Waals surface area contributed by atoms with E-state index in [4.69, 9.17) is 23.1 Å². The number of amides is 1. The molecule has 0 aliphatic carbocycles. The normalized spacial score (nSPS) is 20.6. The number of primary amides is 1. The second-order valence-electron chi connectivity index (χ2n) is 4.43. The van der Waals surface area contributed by atoms with Gasteiger partial charge in [0.15, 0.2) is 0 Å². The molecular weight excluding hydrogens is 290 g/mol. The van der Waals surface area contributed by atoms with E-state index in [2.05, 4.69) is 0 Å². The van der Waals surface area contributed by atoms with E-state index in [1.54, 1.807) is 0 Å². The summed E-state index contributed by atoms with van der Waals surface area (Å²) in [6.07, 6.45) is 0.426. The van der Waals surface area contributed by atoms with E-state index in [0.29, 0.717) is 11.4 Å². The van der Waals surface area contributed by atoms with Crippen molar-refractivity contribution < 1.29 is 13.2 Å². The number of halogens is 1. The molecule has 0 bridgehead atoms. The Kier molecular flexibility index (Phi) is 3.71. The first kappa shape index (κ1) is 14.1. The van der Waals surface area contributed by atoms with Crippen molar-refractivity contribution in [2.45, 2.75) is 11.3 Å². The molecule has 1 atom stereocenters. The maximum Gasteiger partial charge on any atom is 0.245 e. The van der Waals surface area contributed by atoms with Gasteiger partial charge in [0.1, 0.15) is 4.90 Å². The molecule has 1 heterocycles. The largest absolute Gasteiger partial charge is 0.398 e. The van der Waals surface area contributed by atoms with Crippen LogP contribution in [0.2, 0.25) is 5.02 Å². The molecule has 104 valence electrons. The Labute approximate surface area is 116 Å². The molecule has 4 N–H and O–H groups in total. The van der Waals surface area contributed by atoms with Gasteiger partial charge in [-0.2, -0.15) is 4.31 Å². The summed E-state index contributed by atoms with van der Waals surface area (Å²) in [4.78, 5) is 11.0. The third kappa shape index (κ3) is 2.68. The van der Waals surface area contributed by atoms with Gasteiger partial charge in [0.25, 0.3) is 0 Å². The molecule has 0 aromatic heterocycles. The number of sulfonamides is 1. The summed E-state index contributed by atoms with van der Waals surface area (Å²) in [5.41, 5.74) is 11.0.